The highest BCUT2D eigenvalue weighted by Crippen LogP contribution is 2.22. The molecule has 0 aromatic heterocycles. The van der Waals surface area contributed by atoms with E-state index in [9.17, 15) is 19.7 Å². The number of nitrogens with zero attached hydrogens (tertiary/aromatic N) is 3. The van der Waals surface area contributed by atoms with E-state index in [1.807, 2.05) is 31.2 Å². The topological polar surface area (TPSA) is 164 Å². The number of hydrogen-bond donors (Lipinski definition) is 4. The fraction of sp³-hybridized carbons (Fsp3) is 0.200. The van der Waals surface area contributed by atoms with Gasteiger partial charge in [-0.25, -0.2) is 4.99 Å². The SMILES string of the molecule is Cc1cccc(N/C(N)=N/C2=NC(CC(=O)Nc3ccc(C)c([N+](=O)[O-])c3)C(=O)N2)c1. The molecule has 0 fully saturated rings. The molecule has 11 nitrogen and oxygen atoms in total. The van der Waals surface area contributed by atoms with E-state index in [2.05, 4.69) is 25.9 Å². The van der Waals surface area contributed by atoms with E-state index < -0.39 is 22.8 Å². The van der Waals surface area contributed by atoms with E-state index in [1.165, 1.54) is 12.1 Å². The Kier molecular flexibility index (Phi) is 6.24. The van der Waals surface area contributed by atoms with E-state index in [1.54, 1.807) is 13.0 Å². The van der Waals surface area contributed by atoms with E-state index in [0.29, 0.717) is 5.56 Å². The molecular formula is C20H21N7O4. The van der Waals surface area contributed by atoms with Crippen LogP contribution in [0.4, 0.5) is 17.1 Å². The van der Waals surface area contributed by atoms with Gasteiger partial charge in [-0.15, -0.1) is 0 Å². The summed E-state index contributed by atoms with van der Waals surface area (Å²) in [5.74, 6) is -0.988. The van der Waals surface area contributed by atoms with Crippen molar-refractivity contribution in [2.45, 2.75) is 26.3 Å². The lowest BCUT2D eigenvalue weighted by Crippen LogP contribution is -2.32. The molecule has 0 spiro atoms. The summed E-state index contributed by atoms with van der Waals surface area (Å²) in [5.41, 5.74) is 8.24. The second-order valence-corrected chi connectivity index (χ2v) is 6.96. The first-order chi connectivity index (χ1) is 14.7. The van der Waals surface area contributed by atoms with Crippen molar-refractivity contribution in [3.05, 3.63) is 63.7 Å². The smallest absolute Gasteiger partial charge is 0.274 e. The van der Waals surface area contributed by atoms with Crippen molar-refractivity contribution in [3.8, 4) is 0 Å². The Labute approximate surface area is 177 Å². The number of rotatable bonds is 5. The number of carbonyl (C=O) groups excluding carboxylic acids is 2. The van der Waals surface area contributed by atoms with Crippen molar-refractivity contribution in [2.24, 2.45) is 15.7 Å². The predicted octanol–water partition coefficient (Wildman–Crippen LogP) is 1.82. The summed E-state index contributed by atoms with van der Waals surface area (Å²) >= 11 is 0. The molecule has 31 heavy (non-hydrogen) atoms. The molecule has 5 N–H and O–H groups in total. The molecule has 1 heterocycles. The van der Waals surface area contributed by atoms with E-state index in [0.717, 1.165) is 11.3 Å². The third-order valence-corrected chi connectivity index (χ3v) is 4.40. The van der Waals surface area contributed by atoms with Crippen molar-refractivity contribution < 1.29 is 14.5 Å². The third-order valence-electron chi connectivity index (χ3n) is 4.40. The number of aliphatic imine (C=N–C) groups is 2. The lowest BCUT2D eigenvalue weighted by Gasteiger charge is -2.07. The van der Waals surface area contributed by atoms with Gasteiger partial charge < -0.3 is 16.4 Å². The van der Waals surface area contributed by atoms with Gasteiger partial charge in [0, 0.05) is 23.0 Å². The zero-order valence-electron chi connectivity index (χ0n) is 16.9. The minimum absolute atomic E-state index is 0.00794. The summed E-state index contributed by atoms with van der Waals surface area (Å²) < 4.78 is 0. The van der Waals surface area contributed by atoms with Gasteiger partial charge in [-0.2, -0.15) is 4.99 Å². The highest BCUT2D eigenvalue weighted by Gasteiger charge is 2.29. The summed E-state index contributed by atoms with van der Waals surface area (Å²) in [7, 11) is 0. The highest BCUT2D eigenvalue weighted by molar-refractivity contribution is 6.11. The first-order valence-electron chi connectivity index (χ1n) is 9.32. The maximum absolute atomic E-state index is 12.3. The number of nitro benzene ring substituents is 1. The summed E-state index contributed by atoms with van der Waals surface area (Å²) in [4.78, 5) is 43.0. The molecule has 1 aliphatic heterocycles. The van der Waals surface area contributed by atoms with E-state index in [4.69, 9.17) is 5.73 Å². The molecule has 2 aromatic carbocycles. The molecule has 2 aromatic rings. The molecule has 0 saturated carbocycles. The number of nitrogens with one attached hydrogen (secondary N) is 3. The number of carbonyl (C=O) groups is 2. The predicted molar refractivity (Wildman–Crippen MR) is 117 cm³/mol. The van der Waals surface area contributed by atoms with Gasteiger partial charge >= 0.3 is 0 Å². The van der Waals surface area contributed by atoms with Crippen molar-refractivity contribution in [1.82, 2.24) is 5.32 Å². The number of aryl methyl sites for hydroxylation is 2. The van der Waals surface area contributed by atoms with Crippen LogP contribution in [-0.4, -0.2) is 34.7 Å². The number of amides is 2. The Morgan fingerprint density at radius 3 is 2.68 bits per heavy atom. The fourth-order valence-corrected chi connectivity index (χ4v) is 2.91. The Morgan fingerprint density at radius 2 is 1.97 bits per heavy atom. The quantitative estimate of drug-likeness (QED) is 0.248. The van der Waals surface area contributed by atoms with Gasteiger partial charge in [0.25, 0.3) is 11.6 Å². The van der Waals surface area contributed by atoms with Crippen molar-refractivity contribution in [1.29, 1.82) is 0 Å². The number of benzene rings is 2. The maximum atomic E-state index is 12.3. The van der Waals surface area contributed by atoms with Crippen LogP contribution in [0.5, 0.6) is 0 Å². The molecule has 1 aliphatic rings. The first-order valence-corrected chi connectivity index (χ1v) is 9.32. The summed E-state index contributed by atoms with van der Waals surface area (Å²) in [5, 5.41) is 18.9. The minimum Gasteiger partial charge on any atom is -0.369 e. The molecule has 0 bridgehead atoms. The standard InChI is InChI=1S/C20H21N7O4/c1-11-4-3-5-13(8-11)23-19(21)26-20-24-15(18(29)25-20)10-17(28)22-14-7-6-12(2)16(9-14)27(30)31/h3-9,15H,10H2,1-2H3,(H,22,28)(H4,21,23,24,25,26,29). The number of hydrogen-bond acceptors (Lipinski definition) is 6. The summed E-state index contributed by atoms with van der Waals surface area (Å²) in [6.45, 7) is 3.53. The van der Waals surface area contributed by atoms with Crippen molar-refractivity contribution >= 4 is 40.8 Å². The lowest BCUT2D eigenvalue weighted by molar-refractivity contribution is -0.385. The Balaban J connectivity index is 1.63. The molecule has 1 atom stereocenters. The maximum Gasteiger partial charge on any atom is 0.274 e. The number of nitro groups is 1. The Hall–Kier alpha value is -4.28. The van der Waals surface area contributed by atoms with Crippen LogP contribution in [-0.2, 0) is 9.59 Å². The second-order valence-electron chi connectivity index (χ2n) is 6.96. The molecule has 1 unspecified atom stereocenters. The normalized spacial score (nSPS) is 15.8. The van der Waals surface area contributed by atoms with Crippen molar-refractivity contribution in [3.63, 3.8) is 0 Å². The van der Waals surface area contributed by atoms with Crippen LogP contribution < -0.4 is 21.7 Å². The van der Waals surface area contributed by atoms with Crippen molar-refractivity contribution in [2.75, 3.05) is 10.6 Å². The lowest BCUT2D eigenvalue weighted by atomic mass is 10.1. The molecule has 160 valence electrons. The fourth-order valence-electron chi connectivity index (χ4n) is 2.91. The van der Waals surface area contributed by atoms with Gasteiger partial charge in [0.05, 0.1) is 11.3 Å². The van der Waals surface area contributed by atoms with Crippen LogP contribution in [0.15, 0.2) is 52.4 Å². The van der Waals surface area contributed by atoms with Gasteiger partial charge in [0.1, 0.15) is 6.04 Å². The molecule has 0 aliphatic carbocycles. The van der Waals surface area contributed by atoms with Gasteiger partial charge in [0.2, 0.25) is 17.8 Å². The minimum atomic E-state index is -0.981. The van der Waals surface area contributed by atoms with Gasteiger partial charge in [0.15, 0.2) is 0 Å². The zero-order chi connectivity index (χ0) is 22.5. The molecule has 0 saturated heterocycles. The van der Waals surface area contributed by atoms with E-state index >= 15 is 0 Å². The number of nitrogens with two attached hydrogens (primary N) is 1. The molecule has 3 rings (SSSR count). The monoisotopic (exact) mass is 423 g/mol. The Morgan fingerprint density at radius 1 is 1.23 bits per heavy atom. The van der Waals surface area contributed by atoms with E-state index in [-0.39, 0.29) is 29.7 Å². The third kappa shape index (κ3) is 5.63. The second kappa shape index (κ2) is 9.03. The molecular weight excluding hydrogens is 402 g/mol. The average molecular weight is 423 g/mol. The van der Waals surface area contributed by atoms with Crippen LogP contribution in [0.25, 0.3) is 0 Å². The zero-order valence-corrected chi connectivity index (χ0v) is 16.9. The van der Waals surface area contributed by atoms with Gasteiger partial charge in [-0.1, -0.05) is 18.2 Å². The first kappa shape index (κ1) is 21.4. The van der Waals surface area contributed by atoms with Gasteiger partial charge in [-0.3, -0.25) is 25.0 Å². The van der Waals surface area contributed by atoms with Gasteiger partial charge in [-0.05, 0) is 37.6 Å². The number of guanidine groups is 2. The van der Waals surface area contributed by atoms with Crippen LogP contribution in [0.1, 0.15) is 17.5 Å². The largest absolute Gasteiger partial charge is 0.369 e. The van der Waals surface area contributed by atoms with Crippen LogP contribution in [0.2, 0.25) is 0 Å². The van der Waals surface area contributed by atoms with Crippen LogP contribution in [0, 0.1) is 24.0 Å². The number of anilines is 2. The van der Waals surface area contributed by atoms with Crippen LogP contribution >= 0.6 is 0 Å². The average Bonchev–Trinajstić information content (AvgIpc) is 3.01. The summed E-state index contributed by atoms with van der Waals surface area (Å²) in [6, 6.07) is 10.8. The highest BCUT2D eigenvalue weighted by atomic mass is 16.6. The summed E-state index contributed by atoms with van der Waals surface area (Å²) in [6.07, 6.45) is -0.252. The molecule has 0 radical (unpaired) electrons. The Bertz CT molecular complexity index is 1110. The van der Waals surface area contributed by atoms with Crippen LogP contribution in [0.3, 0.4) is 0 Å². The molecule has 11 heteroatoms. The molecule has 2 amide bonds.